The topological polar surface area (TPSA) is 46.4 Å². The molecule has 1 unspecified atom stereocenters. The quantitative estimate of drug-likeness (QED) is 0.558. The zero-order chi connectivity index (χ0) is 14.3. The molecule has 1 atom stereocenters. The van der Waals surface area contributed by atoms with Crippen LogP contribution in [-0.2, 0) is 9.53 Å². The van der Waals surface area contributed by atoms with Crippen LogP contribution in [0.25, 0.3) is 0 Å². The molecule has 0 aliphatic heterocycles. The number of nitrogens with zero attached hydrogens (tertiary/aromatic N) is 1. The van der Waals surface area contributed by atoms with Gasteiger partial charge < -0.3 is 4.74 Å². The van der Waals surface area contributed by atoms with Crippen LogP contribution in [0, 0.1) is 4.91 Å². The van der Waals surface area contributed by atoms with Gasteiger partial charge >= 0.3 is 5.97 Å². The number of hydrogen-bond acceptors (Lipinski definition) is 3. The summed E-state index contributed by atoms with van der Waals surface area (Å²) in [6.45, 7) is 4.30. The van der Waals surface area contributed by atoms with E-state index in [0.717, 1.165) is 29.6 Å². The highest BCUT2D eigenvalue weighted by Gasteiger charge is 2.22. The lowest BCUT2D eigenvalue weighted by Gasteiger charge is -2.15. The molecule has 0 bridgehead atoms. The summed E-state index contributed by atoms with van der Waals surface area (Å²) in [5, 5.41) is 0. The van der Waals surface area contributed by atoms with Gasteiger partial charge in [0.25, 0.3) is 5.69 Å². The predicted octanol–water partition coefficient (Wildman–Crippen LogP) is 3.56. The van der Waals surface area contributed by atoms with Crippen LogP contribution in [0.1, 0.15) is 44.6 Å². The van der Waals surface area contributed by atoms with Crippen LogP contribution in [-0.4, -0.2) is 24.4 Å². The Labute approximate surface area is 114 Å². The maximum absolute atomic E-state index is 12.0. The van der Waals surface area contributed by atoms with Crippen molar-refractivity contribution >= 4 is 11.7 Å². The number of hydrogen-bond donors (Lipinski definition) is 0. The summed E-state index contributed by atoms with van der Waals surface area (Å²) in [5.74, 6) is -0.412. The third-order valence-corrected chi connectivity index (χ3v) is 3.08. The van der Waals surface area contributed by atoms with Crippen molar-refractivity contribution in [3.63, 3.8) is 0 Å². The molecule has 0 heterocycles. The summed E-state index contributed by atoms with van der Waals surface area (Å²) in [6.07, 6.45) is 2.80. The van der Waals surface area contributed by atoms with Gasteiger partial charge in [-0.15, -0.1) is 0 Å². The zero-order valence-electron chi connectivity index (χ0n) is 11.9. The number of nitroso groups, excluding NO2 is 1. The normalized spacial score (nSPS) is 11.9. The van der Waals surface area contributed by atoms with Crippen molar-refractivity contribution < 1.29 is 14.3 Å². The van der Waals surface area contributed by atoms with E-state index in [0.29, 0.717) is 12.3 Å². The first-order chi connectivity index (χ1) is 9.10. The lowest BCUT2D eigenvalue weighted by Crippen LogP contribution is -2.16. The molecule has 0 fully saturated rings. The Morgan fingerprint density at radius 3 is 2.37 bits per heavy atom. The number of carbonyl (C=O) groups is 1. The fourth-order valence-electron chi connectivity index (χ4n) is 1.99. The molecule has 1 aromatic rings. The molecule has 1 aromatic carbocycles. The first kappa shape index (κ1) is 15.3. The van der Waals surface area contributed by atoms with Crippen molar-refractivity contribution in [1.29, 1.82) is 0 Å². The van der Waals surface area contributed by atoms with Gasteiger partial charge in [-0.05, 0) is 18.9 Å². The van der Waals surface area contributed by atoms with Gasteiger partial charge in [-0.1, -0.05) is 31.9 Å². The van der Waals surface area contributed by atoms with Crippen molar-refractivity contribution in [2.24, 2.45) is 0 Å². The summed E-state index contributed by atoms with van der Waals surface area (Å²) < 4.78 is 5.92. The average molecular weight is 264 g/mol. The molecular weight excluding hydrogens is 242 g/mol. The van der Waals surface area contributed by atoms with E-state index in [1.807, 2.05) is 19.1 Å². The van der Waals surface area contributed by atoms with Gasteiger partial charge in [0, 0.05) is 21.8 Å². The number of unbranched alkanes of at least 4 members (excludes halogenated alkanes) is 1. The lowest BCUT2D eigenvalue weighted by molar-refractivity contribution is -0.428. The first-order valence-electron chi connectivity index (χ1n) is 6.77. The molecular formula is C15H22NO3+. The Hall–Kier alpha value is -1.71. The SMILES string of the molecule is CCCCC(C(=O)OCC)c1ccc([N+](C)=O)cc1. The molecule has 4 nitrogen and oxygen atoms in total. The maximum atomic E-state index is 12.0. The van der Waals surface area contributed by atoms with Crippen molar-refractivity contribution in [2.45, 2.75) is 39.0 Å². The minimum atomic E-state index is -0.231. The Morgan fingerprint density at radius 2 is 1.89 bits per heavy atom. The van der Waals surface area contributed by atoms with E-state index in [-0.39, 0.29) is 11.9 Å². The molecule has 0 saturated carbocycles. The highest BCUT2D eigenvalue weighted by atomic mass is 16.5. The second-order valence-corrected chi connectivity index (χ2v) is 4.54. The zero-order valence-corrected chi connectivity index (χ0v) is 11.9. The molecule has 1 rings (SSSR count). The van der Waals surface area contributed by atoms with Gasteiger partial charge in [0.15, 0.2) is 7.05 Å². The second kappa shape index (κ2) is 7.67. The van der Waals surface area contributed by atoms with Crippen LogP contribution < -0.4 is 0 Å². The van der Waals surface area contributed by atoms with Crippen LogP contribution in [0.2, 0.25) is 0 Å². The monoisotopic (exact) mass is 264 g/mol. The van der Waals surface area contributed by atoms with Crippen LogP contribution >= 0.6 is 0 Å². The van der Waals surface area contributed by atoms with Crippen molar-refractivity contribution in [2.75, 3.05) is 13.7 Å². The molecule has 19 heavy (non-hydrogen) atoms. The molecule has 0 aromatic heterocycles. The summed E-state index contributed by atoms with van der Waals surface area (Å²) in [6, 6.07) is 7.14. The Balaban J connectivity index is 2.89. The van der Waals surface area contributed by atoms with Crippen molar-refractivity contribution in [3.05, 3.63) is 34.7 Å². The second-order valence-electron chi connectivity index (χ2n) is 4.54. The number of rotatable bonds is 7. The summed E-state index contributed by atoms with van der Waals surface area (Å²) in [7, 11) is 1.45. The number of carbonyl (C=O) groups excluding carboxylic acids is 1. The molecule has 0 aliphatic rings. The number of ether oxygens (including phenoxy) is 1. The van der Waals surface area contributed by atoms with Crippen molar-refractivity contribution in [3.8, 4) is 0 Å². The van der Waals surface area contributed by atoms with E-state index in [2.05, 4.69) is 6.92 Å². The van der Waals surface area contributed by atoms with Crippen LogP contribution in [0.5, 0.6) is 0 Å². The van der Waals surface area contributed by atoms with Gasteiger partial charge in [-0.3, -0.25) is 4.79 Å². The van der Waals surface area contributed by atoms with Gasteiger partial charge in [0.05, 0.1) is 12.5 Å². The van der Waals surface area contributed by atoms with Crippen LogP contribution in [0.15, 0.2) is 24.3 Å². The van der Waals surface area contributed by atoms with E-state index in [1.54, 1.807) is 12.1 Å². The molecule has 4 heteroatoms. The summed E-state index contributed by atoms with van der Waals surface area (Å²) >= 11 is 0. The highest BCUT2D eigenvalue weighted by Crippen LogP contribution is 2.25. The minimum absolute atomic E-state index is 0.181. The Morgan fingerprint density at radius 1 is 1.26 bits per heavy atom. The fraction of sp³-hybridized carbons (Fsp3) is 0.533. The van der Waals surface area contributed by atoms with Gasteiger partial charge in [-0.25, -0.2) is 0 Å². The fourth-order valence-corrected chi connectivity index (χ4v) is 1.99. The smallest absolute Gasteiger partial charge is 0.313 e. The number of esters is 1. The van der Waals surface area contributed by atoms with Gasteiger partial charge in [0.1, 0.15) is 0 Å². The highest BCUT2D eigenvalue weighted by molar-refractivity contribution is 5.78. The van der Waals surface area contributed by atoms with E-state index in [1.165, 1.54) is 7.05 Å². The summed E-state index contributed by atoms with van der Waals surface area (Å²) in [4.78, 5) is 23.1. The predicted molar refractivity (Wildman–Crippen MR) is 74.6 cm³/mol. The van der Waals surface area contributed by atoms with E-state index in [4.69, 9.17) is 4.74 Å². The third kappa shape index (κ3) is 4.47. The first-order valence-corrected chi connectivity index (χ1v) is 6.77. The van der Waals surface area contributed by atoms with Crippen molar-refractivity contribution in [1.82, 2.24) is 0 Å². The molecule has 0 saturated heterocycles. The van der Waals surface area contributed by atoms with Gasteiger partial charge in [-0.2, -0.15) is 0 Å². The van der Waals surface area contributed by atoms with E-state index in [9.17, 15) is 9.70 Å². The van der Waals surface area contributed by atoms with Crippen LogP contribution in [0.3, 0.4) is 0 Å². The van der Waals surface area contributed by atoms with Gasteiger partial charge in [0.2, 0.25) is 0 Å². The molecule has 0 radical (unpaired) electrons. The summed E-state index contributed by atoms with van der Waals surface area (Å²) in [5.41, 5.74) is 1.50. The maximum Gasteiger partial charge on any atom is 0.313 e. The van der Waals surface area contributed by atoms with E-state index < -0.39 is 0 Å². The third-order valence-electron chi connectivity index (χ3n) is 3.08. The molecule has 0 amide bonds. The lowest BCUT2D eigenvalue weighted by atomic mass is 9.93. The molecule has 0 aliphatic carbocycles. The Bertz CT molecular complexity index is 426. The van der Waals surface area contributed by atoms with Crippen LogP contribution in [0.4, 0.5) is 5.69 Å². The molecule has 0 N–H and O–H groups in total. The molecule has 104 valence electrons. The Kier molecular flexibility index (Phi) is 6.19. The van der Waals surface area contributed by atoms with E-state index >= 15 is 0 Å². The standard InChI is InChI=1S/C15H22NO3/c1-4-6-7-14(15(17)19-5-2)12-8-10-13(11-9-12)16(3)18/h8-11,14H,4-7H2,1-3H3/q+1. The molecule has 0 spiro atoms. The average Bonchev–Trinajstić information content (AvgIpc) is 2.40. The minimum Gasteiger partial charge on any atom is -0.466 e. The largest absolute Gasteiger partial charge is 0.466 e. The number of benzene rings is 1.